The maximum absolute atomic E-state index is 11.8. The van der Waals surface area contributed by atoms with Gasteiger partial charge in [0, 0.05) is 25.9 Å². The van der Waals surface area contributed by atoms with E-state index in [2.05, 4.69) is 10.4 Å². The zero-order chi connectivity index (χ0) is 11.7. The van der Waals surface area contributed by atoms with Crippen molar-refractivity contribution in [2.24, 2.45) is 7.05 Å². The number of carbonyl (C=O) groups is 2. The molecule has 1 saturated heterocycles. The highest BCUT2D eigenvalue weighted by molar-refractivity contribution is 6.06. The first kappa shape index (κ1) is 10.7. The Kier molecular flexibility index (Phi) is 2.64. The Morgan fingerprint density at radius 3 is 2.81 bits per heavy atom. The standard InChI is InChI=1S/C10H14N4O2/c1-3-14-9(15)6-7(10(14)16)11-8-4-5-13(2)12-8/h4-5,7H,3,6H2,1-2H3,(H,11,12). The van der Waals surface area contributed by atoms with Crippen LogP contribution in [0, 0.1) is 0 Å². The highest BCUT2D eigenvalue weighted by Crippen LogP contribution is 2.16. The Bertz CT molecular complexity index is 426. The molecule has 6 heteroatoms. The lowest BCUT2D eigenvalue weighted by Crippen LogP contribution is -2.34. The van der Waals surface area contributed by atoms with Gasteiger partial charge in [-0.3, -0.25) is 19.2 Å². The molecule has 0 aromatic carbocycles. The molecule has 1 N–H and O–H groups in total. The van der Waals surface area contributed by atoms with Crippen molar-refractivity contribution in [3.05, 3.63) is 12.3 Å². The molecule has 16 heavy (non-hydrogen) atoms. The van der Waals surface area contributed by atoms with Crippen LogP contribution in [0.15, 0.2) is 12.3 Å². The fourth-order valence-electron chi connectivity index (χ4n) is 1.80. The van der Waals surface area contributed by atoms with E-state index in [1.54, 1.807) is 30.9 Å². The molecule has 1 aliphatic rings. The van der Waals surface area contributed by atoms with Crippen molar-refractivity contribution in [1.29, 1.82) is 0 Å². The lowest BCUT2D eigenvalue weighted by molar-refractivity contribution is -0.138. The van der Waals surface area contributed by atoms with Gasteiger partial charge in [-0.05, 0) is 6.92 Å². The van der Waals surface area contributed by atoms with Crippen molar-refractivity contribution >= 4 is 17.6 Å². The van der Waals surface area contributed by atoms with Gasteiger partial charge in [0.15, 0.2) is 0 Å². The fourth-order valence-corrected chi connectivity index (χ4v) is 1.80. The molecule has 1 unspecified atom stereocenters. The highest BCUT2D eigenvalue weighted by Gasteiger charge is 2.37. The van der Waals surface area contributed by atoms with E-state index < -0.39 is 6.04 Å². The van der Waals surface area contributed by atoms with Crippen LogP contribution >= 0.6 is 0 Å². The van der Waals surface area contributed by atoms with Gasteiger partial charge in [0.2, 0.25) is 5.91 Å². The first-order chi connectivity index (χ1) is 7.61. The Hall–Kier alpha value is -1.85. The topological polar surface area (TPSA) is 67.2 Å². The van der Waals surface area contributed by atoms with Crippen LogP contribution in [0.25, 0.3) is 0 Å². The van der Waals surface area contributed by atoms with Crippen molar-refractivity contribution in [1.82, 2.24) is 14.7 Å². The summed E-state index contributed by atoms with van der Waals surface area (Å²) in [6.45, 7) is 2.22. The highest BCUT2D eigenvalue weighted by atomic mass is 16.2. The molecule has 2 amide bonds. The summed E-state index contributed by atoms with van der Waals surface area (Å²) < 4.78 is 1.64. The summed E-state index contributed by atoms with van der Waals surface area (Å²) in [5, 5.41) is 7.07. The number of aromatic nitrogens is 2. The predicted molar refractivity (Wildman–Crippen MR) is 57.6 cm³/mol. The zero-order valence-electron chi connectivity index (χ0n) is 9.30. The average Bonchev–Trinajstić information content (AvgIpc) is 2.74. The maximum atomic E-state index is 11.8. The third-order valence-corrected chi connectivity index (χ3v) is 2.60. The van der Waals surface area contributed by atoms with Crippen LogP contribution in [-0.2, 0) is 16.6 Å². The van der Waals surface area contributed by atoms with Gasteiger partial charge >= 0.3 is 0 Å². The summed E-state index contributed by atoms with van der Waals surface area (Å²) in [6, 6.07) is 1.30. The first-order valence-corrected chi connectivity index (χ1v) is 5.22. The molecule has 86 valence electrons. The van der Waals surface area contributed by atoms with Crippen LogP contribution in [0.5, 0.6) is 0 Å². The smallest absolute Gasteiger partial charge is 0.252 e. The van der Waals surface area contributed by atoms with Crippen molar-refractivity contribution < 1.29 is 9.59 Å². The van der Waals surface area contributed by atoms with Crippen LogP contribution in [0.4, 0.5) is 5.82 Å². The van der Waals surface area contributed by atoms with E-state index in [0.29, 0.717) is 12.4 Å². The van der Waals surface area contributed by atoms with Gasteiger partial charge in [-0.1, -0.05) is 0 Å². The number of hydrogen-bond donors (Lipinski definition) is 1. The number of anilines is 1. The Morgan fingerprint density at radius 1 is 1.56 bits per heavy atom. The van der Waals surface area contributed by atoms with Gasteiger partial charge in [-0.25, -0.2) is 0 Å². The quantitative estimate of drug-likeness (QED) is 0.730. The number of nitrogens with zero attached hydrogens (tertiary/aromatic N) is 3. The third kappa shape index (κ3) is 1.78. The van der Waals surface area contributed by atoms with Gasteiger partial charge in [0.05, 0.1) is 6.42 Å². The number of likely N-dealkylation sites (N-methyl/N-ethyl adjacent to an activating group) is 1. The number of rotatable bonds is 3. The summed E-state index contributed by atoms with van der Waals surface area (Å²) in [6.07, 6.45) is 1.99. The molecule has 0 aliphatic carbocycles. The van der Waals surface area contributed by atoms with E-state index in [1.165, 1.54) is 4.90 Å². The lowest BCUT2D eigenvalue weighted by Gasteiger charge is -2.12. The number of carbonyl (C=O) groups excluding carboxylic acids is 2. The summed E-state index contributed by atoms with van der Waals surface area (Å²) in [5.41, 5.74) is 0. The van der Waals surface area contributed by atoms with Crippen LogP contribution in [0.3, 0.4) is 0 Å². The second kappa shape index (κ2) is 3.96. The monoisotopic (exact) mass is 222 g/mol. The van der Waals surface area contributed by atoms with Crippen molar-refractivity contribution in [3.8, 4) is 0 Å². The Balaban J connectivity index is 2.07. The molecule has 2 heterocycles. The largest absolute Gasteiger partial charge is 0.356 e. The van der Waals surface area contributed by atoms with E-state index in [1.807, 2.05) is 0 Å². The molecular formula is C10H14N4O2. The normalized spacial score (nSPS) is 20.6. The zero-order valence-corrected chi connectivity index (χ0v) is 9.30. The van der Waals surface area contributed by atoms with Gasteiger partial charge < -0.3 is 5.32 Å². The fraction of sp³-hybridized carbons (Fsp3) is 0.500. The second-order valence-corrected chi connectivity index (χ2v) is 3.75. The van der Waals surface area contributed by atoms with Gasteiger partial charge in [-0.15, -0.1) is 0 Å². The van der Waals surface area contributed by atoms with Crippen LogP contribution in [0.2, 0.25) is 0 Å². The van der Waals surface area contributed by atoms with E-state index >= 15 is 0 Å². The number of amides is 2. The van der Waals surface area contributed by atoms with Gasteiger partial charge in [0.1, 0.15) is 11.9 Å². The molecule has 6 nitrogen and oxygen atoms in total. The predicted octanol–water partition coefficient (Wildman–Crippen LogP) is -0.0206. The molecule has 1 aromatic heterocycles. The SMILES string of the molecule is CCN1C(=O)CC(Nc2ccn(C)n2)C1=O. The van der Waals surface area contributed by atoms with Crippen LogP contribution in [-0.4, -0.2) is 39.1 Å². The number of nitrogens with one attached hydrogen (secondary N) is 1. The Labute approximate surface area is 93.2 Å². The average molecular weight is 222 g/mol. The number of imide groups is 1. The van der Waals surface area contributed by atoms with Crippen molar-refractivity contribution in [2.75, 3.05) is 11.9 Å². The lowest BCUT2D eigenvalue weighted by atomic mass is 10.2. The molecule has 0 radical (unpaired) electrons. The molecule has 2 rings (SSSR count). The minimum absolute atomic E-state index is 0.124. The summed E-state index contributed by atoms with van der Waals surface area (Å²) in [5.74, 6) is 0.325. The van der Waals surface area contributed by atoms with E-state index in [0.717, 1.165) is 0 Å². The molecule has 1 atom stereocenters. The van der Waals surface area contributed by atoms with Crippen molar-refractivity contribution in [2.45, 2.75) is 19.4 Å². The number of aryl methyl sites for hydroxylation is 1. The summed E-state index contributed by atoms with van der Waals surface area (Å²) in [4.78, 5) is 24.5. The minimum atomic E-state index is -0.470. The molecule has 0 bridgehead atoms. The maximum Gasteiger partial charge on any atom is 0.252 e. The van der Waals surface area contributed by atoms with Crippen LogP contribution in [0.1, 0.15) is 13.3 Å². The molecule has 1 aromatic rings. The van der Waals surface area contributed by atoms with Gasteiger partial charge in [-0.2, -0.15) is 5.10 Å². The minimum Gasteiger partial charge on any atom is -0.356 e. The Morgan fingerprint density at radius 2 is 2.31 bits per heavy atom. The second-order valence-electron chi connectivity index (χ2n) is 3.75. The number of likely N-dealkylation sites (tertiary alicyclic amines) is 1. The molecular weight excluding hydrogens is 208 g/mol. The van der Waals surface area contributed by atoms with Crippen LogP contribution < -0.4 is 5.32 Å². The first-order valence-electron chi connectivity index (χ1n) is 5.22. The van der Waals surface area contributed by atoms with Gasteiger partial charge in [0.25, 0.3) is 5.91 Å². The number of hydrogen-bond acceptors (Lipinski definition) is 4. The van der Waals surface area contributed by atoms with E-state index in [-0.39, 0.29) is 18.2 Å². The molecule has 1 fully saturated rings. The summed E-state index contributed by atoms with van der Waals surface area (Å²) >= 11 is 0. The molecule has 0 saturated carbocycles. The van der Waals surface area contributed by atoms with Crippen molar-refractivity contribution in [3.63, 3.8) is 0 Å². The summed E-state index contributed by atoms with van der Waals surface area (Å²) in [7, 11) is 1.80. The van der Waals surface area contributed by atoms with E-state index in [4.69, 9.17) is 0 Å². The molecule has 1 aliphatic heterocycles. The third-order valence-electron chi connectivity index (χ3n) is 2.60. The van der Waals surface area contributed by atoms with E-state index in [9.17, 15) is 9.59 Å². The molecule has 0 spiro atoms.